The summed E-state index contributed by atoms with van der Waals surface area (Å²) in [6.45, 7) is 2.80. The second kappa shape index (κ2) is 8.11. The molecule has 1 aliphatic heterocycles. The Morgan fingerprint density at radius 3 is 2.73 bits per heavy atom. The predicted octanol–water partition coefficient (Wildman–Crippen LogP) is 3.43. The van der Waals surface area contributed by atoms with Crippen LogP contribution in [0.5, 0.6) is 5.75 Å². The fourth-order valence-corrected chi connectivity index (χ4v) is 4.37. The minimum atomic E-state index is -0.293. The van der Waals surface area contributed by atoms with Gasteiger partial charge in [-0.15, -0.1) is 0 Å². The molecular formula is C21H21N5O3S. The lowest BCUT2D eigenvalue weighted by Crippen LogP contribution is -2.33. The van der Waals surface area contributed by atoms with Crippen LogP contribution >= 0.6 is 11.3 Å². The number of benzene rings is 1. The average Bonchev–Trinajstić information content (AvgIpc) is 3.31. The Hall–Kier alpha value is -3.46. The number of carbonyl (C=O) groups is 2. The topological polar surface area (TPSA) is 96.5 Å². The highest BCUT2D eigenvalue weighted by atomic mass is 32.1. The number of urea groups is 1. The minimum Gasteiger partial charge on any atom is -0.496 e. The van der Waals surface area contributed by atoms with Gasteiger partial charge in [0.05, 0.1) is 36.3 Å². The Bertz CT molecular complexity index is 1100. The van der Waals surface area contributed by atoms with Gasteiger partial charge in [-0.25, -0.2) is 9.78 Å². The van der Waals surface area contributed by atoms with E-state index in [0.29, 0.717) is 29.5 Å². The van der Waals surface area contributed by atoms with E-state index in [9.17, 15) is 9.59 Å². The number of rotatable bonds is 4. The van der Waals surface area contributed by atoms with Crippen LogP contribution in [0.1, 0.15) is 26.6 Å². The number of amides is 3. The van der Waals surface area contributed by atoms with E-state index < -0.39 is 0 Å². The maximum atomic E-state index is 13.1. The SMILES string of the molecule is CNC(=O)N1Cc2nc(NC(=O)c3cnc(C)cc3-c3ccccc3OC)sc2C1. The molecular weight excluding hydrogens is 402 g/mol. The molecule has 0 saturated carbocycles. The summed E-state index contributed by atoms with van der Waals surface area (Å²) in [5.41, 5.74) is 3.61. The molecule has 0 bridgehead atoms. The van der Waals surface area contributed by atoms with Crippen LogP contribution in [-0.4, -0.2) is 41.0 Å². The molecule has 154 valence electrons. The third-order valence-electron chi connectivity index (χ3n) is 4.86. The van der Waals surface area contributed by atoms with E-state index in [0.717, 1.165) is 27.4 Å². The highest BCUT2D eigenvalue weighted by Gasteiger charge is 2.27. The first-order valence-corrected chi connectivity index (χ1v) is 10.2. The van der Waals surface area contributed by atoms with Crippen molar-refractivity contribution in [1.29, 1.82) is 0 Å². The number of methoxy groups -OCH3 is 1. The number of carbonyl (C=O) groups excluding carboxylic acids is 2. The van der Waals surface area contributed by atoms with Crippen molar-refractivity contribution >= 4 is 28.4 Å². The Morgan fingerprint density at radius 1 is 1.20 bits per heavy atom. The van der Waals surface area contributed by atoms with Crippen molar-refractivity contribution in [2.45, 2.75) is 20.0 Å². The fourth-order valence-electron chi connectivity index (χ4n) is 3.39. The largest absolute Gasteiger partial charge is 0.496 e. The first-order valence-electron chi connectivity index (χ1n) is 9.36. The van der Waals surface area contributed by atoms with Gasteiger partial charge in [-0.3, -0.25) is 15.1 Å². The second-order valence-electron chi connectivity index (χ2n) is 6.83. The predicted molar refractivity (Wildman–Crippen MR) is 115 cm³/mol. The summed E-state index contributed by atoms with van der Waals surface area (Å²) in [6.07, 6.45) is 1.57. The number of pyridine rings is 1. The van der Waals surface area contributed by atoms with Gasteiger partial charge in [0.1, 0.15) is 5.75 Å². The molecule has 9 heteroatoms. The van der Waals surface area contributed by atoms with Gasteiger partial charge in [-0.05, 0) is 19.1 Å². The van der Waals surface area contributed by atoms with Crippen molar-refractivity contribution in [2.75, 3.05) is 19.5 Å². The molecule has 3 heterocycles. The van der Waals surface area contributed by atoms with E-state index in [-0.39, 0.29) is 11.9 Å². The summed E-state index contributed by atoms with van der Waals surface area (Å²) in [4.78, 5) is 36.3. The normalized spacial score (nSPS) is 12.4. The van der Waals surface area contributed by atoms with E-state index in [2.05, 4.69) is 20.6 Å². The highest BCUT2D eigenvalue weighted by molar-refractivity contribution is 7.16. The number of ether oxygens (including phenoxy) is 1. The van der Waals surface area contributed by atoms with E-state index >= 15 is 0 Å². The average molecular weight is 423 g/mol. The molecule has 0 spiro atoms. The number of thiazole rings is 1. The number of anilines is 1. The molecule has 3 amide bonds. The number of aromatic nitrogens is 2. The molecule has 0 fully saturated rings. The van der Waals surface area contributed by atoms with Crippen LogP contribution in [0.2, 0.25) is 0 Å². The van der Waals surface area contributed by atoms with Crippen molar-refractivity contribution < 1.29 is 14.3 Å². The van der Waals surface area contributed by atoms with Crippen LogP contribution < -0.4 is 15.4 Å². The summed E-state index contributed by atoms with van der Waals surface area (Å²) in [7, 11) is 3.20. The molecule has 0 radical (unpaired) electrons. The standard InChI is InChI=1S/C21H21N5O3S/c1-12-8-14(13-6-4-5-7-17(13)29-3)15(9-23-12)19(27)25-20-24-16-10-26(21(28)22-2)11-18(16)30-20/h4-9H,10-11H2,1-3H3,(H,22,28)(H,24,25,27). The molecule has 8 nitrogen and oxygen atoms in total. The maximum absolute atomic E-state index is 13.1. The zero-order valence-corrected chi connectivity index (χ0v) is 17.7. The molecule has 2 aromatic heterocycles. The number of hydrogen-bond acceptors (Lipinski definition) is 6. The van der Waals surface area contributed by atoms with Crippen LogP contribution in [0.25, 0.3) is 11.1 Å². The van der Waals surface area contributed by atoms with Crippen molar-refractivity contribution in [3.63, 3.8) is 0 Å². The summed E-state index contributed by atoms with van der Waals surface area (Å²) >= 11 is 1.38. The van der Waals surface area contributed by atoms with E-state index in [1.807, 2.05) is 37.3 Å². The van der Waals surface area contributed by atoms with Gasteiger partial charge >= 0.3 is 6.03 Å². The molecule has 1 aliphatic rings. The number of fused-ring (bicyclic) bond motifs is 1. The van der Waals surface area contributed by atoms with Crippen molar-refractivity contribution in [3.8, 4) is 16.9 Å². The summed E-state index contributed by atoms with van der Waals surface area (Å²) < 4.78 is 5.47. The summed E-state index contributed by atoms with van der Waals surface area (Å²) in [5.74, 6) is 0.388. The molecule has 4 rings (SSSR count). The third kappa shape index (κ3) is 3.71. The van der Waals surface area contributed by atoms with Gasteiger partial charge in [0, 0.05) is 30.1 Å². The van der Waals surface area contributed by atoms with Gasteiger partial charge in [0.15, 0.2) is 5.13 Å². The minimum absolute atomic E-state index is 0.141. The Kier molecular flexibility index (Phi) is 5.37. The van der Waals surface area contributed by atoms with Gasteiger partial charge in [-0.2, -0.15) is 0 Å². The van der Waals surface area contributed by atoms with E-state index in [4.69, 9.17) is 4.74 Å². The smallest absolute Gasteiger partial charge is 0.317 e. The number of para-hydroxylation sites is 1. The van der Waals surface area contributed by atoms with Gasteiger partial charge in [-0.1, -0.05) is 29.5 Å². The van der Waals surface area contributed by atoms with Gasteiger partial charge in [0.2, 0.25) is 0 Å². The molecule has 0 unspecified atom stereocenters. The zero-order chi connectivity index (χ0) is 21.3. The lowest BCUT2D eigenvalue weighted by Gasteiger charge is -2.14. The van der Waals surface area contributed by atoms with E-state index in [1.54, 1.807) is 25.3 Å². The van der Waals surface area contributed by atoms with Crippen molar-refractivity contribution in [3.05, 3.63) is 58.4 Å². The molecule has 2 N–H and O–H groups in total. The number of nitrogens with one attached hydrogen (secondary N) is 2. The van der Waals surface area contributed by atoms with Gasteiger partial charge < -0.3 is 15.0 Å². The van der Waals surface area contributed by atoms with Crippen LogP contribution in [0.3, 0.4) is 0 Å². The summed E-state index contributed by atoms with van der Waals surface area (Å²) in [6, 6.07) is 9.29. The first kappa shape index (κ1) is 19.8. The molecule has 30 heavy (non-hydrogen) atoms. The zero-order valence-electron chi connectivity index (χ0n) is 16.9. The van der Waals surface area contributed by atoms with Crippen molar-refractivity contribution in [2.24, 2.45) is 0 Å². The Labute approximate surface area is 177 Å². The molecule has 1 aromatic carbocycles. The molecule has 0 saturated heterocycles. The number of aryl methyl sites for hydroxylation is 1. The third-order valence-corrected chi connectivity index (χ3v) is 5.86. The lowest BCUT2D eigenvalue weighted by atomic mass is 9.99. The number of hydrogen-bond donors (Lipinski definition) is 2. The number of nitrogens with zero attached hydrogens (tertiary/aromatic N) is 3. The van der Waals surface area contributed by atoms with E-state index in [1.165, 1.54) is 11.3 Å². The molecule has 0 atom stereocenters. The maximum Gasteiger partial charge on any atom is 0.317 e. The fraction of sp³-hybridized carbons (Fsp3) is 0.238. The van der Waals surface area contributed by atoms with Crippen LogP contribution in [0.15, 0.2) is 36.5 Å². The Morgan fingerprint density at radius 2 is 2.00 bits per heavy atom. The summed E-state index contributed by atoms with van der Waals surface area (Å²) in [5, 5.41) is 6.00. The quantitative estimate of drug-likeness (QED) is 0.670. The van der Waals surface area contributed by atoms with Crippen molar-refractivity contribution in [1.82, 2.24) is 20.2 Å². The highest BCUT2D eigenvalue weighted by Crippen LogP contribution is 2.34. The van der Waals surface area contributed by atoms with Crippen LogP contribution in [-0.2, 0) is 13.1 Å². The molecule has 3 aromatic rings. The van der Waals surface area contributed by atoms with Gasteiger partial charge in [0.25, 0.3) is 5.91 Å². The lowest BCUT2D eigenvalue weighted by molar-refractivity contribution is 0.102. The van der Waals surface area contributed by atoms with Crippen LogP contribution in [0.4, 0.5) is 9.93 Å². The first-order chi connectivity index (χ1) is 14.5. The molecule has 0 aliphatic carbocycles. The second-order valence-corrected chi connectivity index (χ2v) is 7.91. The monoisotopic (exact) mass is 423 g/mol. The van der Waals surface area contributed by atoms with Crippen LogP contribution in [0, 0.1) is 6.92 Å². The Balaban J connectivity index is 1.60.